The van der Waals surface area contributed by atoms with Crippen molar-refractivity contribution in [3.05, 3.63) is 62.1 Å². The van der Waals surface area contributed by atoms with Crippen molar-refractivity contribution in [3.8, 4) is 5.75 Å². The van der Waals surface area contributed by atoms with Crippen LogP contribution in [-0.4, -0.2) is 21.6 Å². The van der Waals surface area contributed by atoms with E-state index in [4.69, 9.17) is 16.3 Å². The standard InChI is InChI=1S/C21H18ClN3O2S/c1-27-14-7-6-12-8-13(19(22)24-16(12)9-14)10-25-11-23-20-18(21(25)26)15-4-2-3-5-17(15)28-20/h6-9,11H,2-5,10H2,1H3. The molecule has 0 atom stereocenters. The van der Waals surface area contributed by atoms with Crippen molar-refractivity contribution in [1.82, 2.24) is 14.5 Å². The second-order valence-electron chi connectivity index (χ2n) is 7.07. The third-order valence-corrected chi connectivity index (χ3v) is 6.86. The monoisotopic (exact) mass is 411 g/mol. The van der Waals surface area contributed by atoms with Crippen LogP contribution >= 0.6 is 22.9 Å². The third kappa shape index (κ3) is 2.88. The van der Waals surface area contributed by atoms with Gasteiger partial charge in [-0.1, -0.05) is 11.6 Å². The first-order chi connectivity index (χ1) is 13.6. The Balaban J connectivity index is 1.59. The minimum Gasteiger partial charge on any atom is -0.497 e. The molecule has 1 aliphatic rings. The van der Waals surface area contributed by atoms with Gasteiger partial charge in [-0.2, -0.15) is 0 Å². The second kappa shape index (κ2) is 6.87. The van der Waals surface area contributed by atoms with Crippen LogP contribution in [0.1, 0.15) is 28.8 Å². The molecule has 1 aromatic carbocycles. The lowest BCUT2D eigenvalue weighted by Gasteiger charge is -2.11. The summed E-state index contributed by atoms with van der Waals surface area (Å²) in [6.45, 7) is 0.347. The normalized spacial score (nSPS) is 13.8. The molecule has 3 aromatic heterocycles. The zero-order valence-corrected chi connectivity index (χ0v) is 16.9. The number of rotatable bonds is 3. The summed E-state index contributed by atoms with van der Waals surface area (Å²) in [5.74, 6) is 0.733. The first-order valence-corrected chi connectivity index (χ1v) is 10.5. The number of ether oxygens (including phenoxy) is 1. The third-order valence-electron chi connectivity index (χ3n) is 5.33. The average molecular weight is 412 g/mol. The maximum absolute atomic E-state index is 13.2. The van der Waals surface area contributed by atoms with Gasteiger partial charge in [0.15, 0.2) is 0 Å². The molecular weight excluding hydrogens is 394 g/mol. The van der Waals surface area contributed by atoms with Gasteiger partial charge in [0.2, 0.25) is 0 Å². The molecule has 1 aliphatic carbocycles. The predicted molar refractivity (Wildman–Crippen MR) is 113 cm³/mol. The Labute approximate surface area is 170 Å². The van der Waals surface area contributed by atoms with E-state index in [1.807, 2.05) is 24.3 Å². The number of methoxy groups -OCH3 is 1. The van der Waals surface area contributed by atoms with Crippen molar-refractivity contribution in [2.75, 3.05) is 7.11 Å². The van der Waals surface area contributed by atoms with Gasteiger partial charge in [-0.15, -0.1) is 11.3 Å². The average Bonchev–Trinajstić information content (AvgIpc) is 3.09. The predicted octanol–water partition coefficient (Wildman–Crippen LogP) is 4.60. The van der Waals surface area contributed by atoms with Crippen LogP contribution in [0.25, 0.3) is 21.1 Å². The minimum atomic E-state index is 0.00953. The fourth-order valence-electron chi connectivity index (χ4n) is 3.88. The topological polar surface area (TPSA) is 57.0 Å². The maximum Gasteiger partial charge on any atom is 0.262 e. The Bertz CT molecular complexity index is 1280. The van der Waals surface area contributed by atoms with Gasteiger partial charge in [0, 0.05) is 21.9 Å². The summed E-state index contributed by atoms with van der Waals surface area (Å²) in [7, 11) is 1.62. The molecule has 7 heteroatoms. The molecule has 142 valence electrons. The molecule has 28 heavy (non-hydrogen) atoms. The van der Waals surface area contributed by atoms with Gasteiger partial charge < -0.3 is 4.74 Å². The van der Waals surface area contributed by atoms with E-state index in [0.717, 1.165) is 51.7 Å². The summed E-state index contributed by atoms with van der Waals surface area (Å²) in [6, 6.07) is 7.66. The van der Waals surface area contributed by atoms with E-state index in [0.29, 0.717) is 11.7 Å². The molecule has 0 fully saturated rings. The molecule has 0 spiro atoms. The molecule has 0 unspecified atom stereocenters. The van der Waals surface area contributed by atoms with Crippen molar-refractivity contribution in [2.24, 2.45) is 0 Å². The lowest BCUT2D eigenvalue weighted by Crippen LogP contribution is -2.22. The van der Waals surface area contributed by atoms with Crippen LogP contribution in [-0.2, 0) is 19.4 Å². The highest BCUT2D eigenvalue weighted by molar-refractivity contribution is 7.18. The van der Waals surface area contributed by atoms with E-state index in [2.05, 4.69) is 9.97 Å². The molecule has 0 N–H and O–H groups in total. The Morgan fingerprint density at radius 1 is 1.25 bits per heavy atom. The van der Waals surface area contributed by atoms with Crippen LogP contribution < -0.4 is 10.3 Å². The molecule has 0 saturated heterocycles. The van der Waals surface area contributed by atoms with Gasteiger partial charge in [0.1, 0.15) is 15.7 Å². The van der Waals surface area contributed by atoms with Crippen LogP contribution in [0, 0.1) is 0 Å². The first kappa shape index (κ1) is 17.6. The van der Waals surface area contributed by atoms with Gasteiger partial charge >= 0.3 is 0 Å². The number of thiophene rings is 1. The Morgan fingerprint density at radius 2 is 2.11 bits per heavy atom. The summed E-state index contributed by atoms with van der Waals surface area (Å²) in [4.78, 5) is 24.4. The fraction of sp³-hybridized carbons (Fsp3) is 0.286. The molecule has 4 aromatic rings. The summed E-state index contributed by atoms with van der Waals surface area (Å²) in [5.41, 5.74) is 2.77. The number of aromatic nitrogens is 3. The Morgan fingerprint density at radius 3 is 2.96 bits per heavy atom. The van der Waals surface area contributed by atoms with E-state index in [9.17, 15) is 4.79 Å². The molecule has 0 radical (unpaired) electrons. The van der Waals surface area contributed by atoms with Crippen LogP contribution in [0.3, 0.4) is 0 Å². The van der Waals surface area contributed by atoms with Crippen molar-refractivity contribution in [3.63, 3.8) is 0 Å². The summed E-state index contributed by atoms with van der Waals surface area (Å²) in [5, 5.41) is 2.13. The number of pyridine rings is 1. The maximum atomic E-state index is 13.2. The van der Waals surface area contributed by atoms with Gasteiger partial charge in [-0.05, 0) is 49.4 Å². The summed E-state index contributed by atoms with van der Waals surface area (Å²) < 4.78 is 6.89. The minimum absolute atomic E-state index is 0.00953. The fourth-order valence-corrected chi connectivity index (χ4v) is 5.31. The number of fused-ring (bicyclic) bond motifs is 4. The van der Waals surface area contributed by atoms with Gasteiger partial charge in [0.05, 0.1) is 30.9 Å². The number of benzene rings is 1. The Kier molecular flexibility index (Phi) is 4.33. The van der Waals surface area contributed by atoms with E-state index < -0.39 is 0 Å². The second-order valence-corrected chi connectivity index (χ2v) is 8.51. The number of nitrogens with zero attached hydrogens (tertiary/aromatic N) is 3. The summed E-state index contributed by atoms with van der Waals surface area (Å²) in [6.07, 6.45) is 5.98. The first-order valence-electron chi connectivity index (χ1n) is 9.27. The van der Waals surface area contributed by atoms with Crippen LogP contribution in [0.4, 0.5) is 0 Å². The molecule has 0 bridgehead atoms. The van der Waals surface area contributed by atoms with Crippen LogP contribution in [0.5, 0.6) is 5.75 Å². The van der Waals surface area contributed by atoms with Crippen molar-refractivity contribution in [2.45, 2.75) is 32.2 Å². The number of aryl methyl sites for hydroxylation is 2. The van der Waals surface area contributed by atoms with Gasteiger partial charge in [0.25, 0.3) is 5.56 Å². The van der Waals surface area contributed by atoms with E-state index in [1.54, 1.807) is 29.3 Å². The highest BCUT2D eigenvalue weighted by Gasteiger charge is 2.20. The molecule has 5 nitrogen and oxygen atoms in total. The molecule has 0 amide bonds. The van der Waals surface area contributed by atoms with Crippen molar-refractivity contribution >= 4 is 44.1 Å². The molecule has 3 heterocycles. The van der Waals surface area contributed by atoms with Crippen molar-refractivity contribution in [1.29, 1.82) is 0 Å². The lowest BCUT2D eigenvalue weighted by molar-refractivity contribution is 0.415. The number of halogens is 1. The Hall–Kier alpha value is -2.44. The molecule has 5 rings (SSSR count). The highest BCUT2D eigenvalue weighted by atomic mass is 35.5. The molecule has 0 saturated carbocycles. The number of hydrogen-bond donors (Lipinski definition) is 0. The van der Waals surface area contributed by atoms with Crippen LogP contribution in [0.2, 0.25) is 5.15 Å². The molecule has 0 aliphatic heterocycles. The van der Waals surface area contributed by atoms with E-state index in [-0.39, 0.29) is 5.56 Å². The zero-order chi connectivity index (χ0) is 19.3. The van der Waals surface area contributed by atoms with Crippen LogP contribution in [0.15, 0.2) is 35.4 Å². The van der Waals surface area contributed by atoms with E-state index in [1.165, 1.54) is 16.9 Å². The SMILES string of the molecule is COc1ccc2cc(Cn3cnc4sc5c(c4c3=O)CCCC5)c(Cl)nc2c1. The highest BCUT2D eigenvalue weighted by Crippen LogP contribution is 2.33. The zero-order valence-electron chi connectivity index (χ0n) is 15.4. The largest absolute Gasteiger partial charge is 0.497 e. The van der Waals surface area contributed by atoms with Crippen molar-refractivity contribution < 1.29 is 4.74 Å². The van der Waals surface area contributed by atoms with Gasteiger partial charge in [-0.25, -0.2) is 9.97 Å². The number of hydrogen-bond acceptors (Lipinski definition) is 5. The smallest absolute Gasteiger partial charge is 0.262 e. The lowest BCUT2D eigenvalue weighted by atomic mass is 9.97. The molecular formula is C21H18ClN3O2S. The van der Waals surface area contributed by atoms with E-state index >= 15 is 0 Å². The quantitative estimate of drug-likeness (QED) is 0.462. The van der Waals surface area contributed by atoms with Gasteiger partial charge in [-0.3, -0.25) is 9.36 Å². The summed E-state index contributed by atoms with van der Waals surface area (Å²) >= 11 is 8.09.